The first-order valence-corrected chi connectivity index (χ1v) is 4.16. The molecule has 1 amide bonds. The van der Waals surface area contributed by atoms with E-state index in [0.29, 0.717) is 6.54 Å². The molecule has 0 aliphatic heterocycles. The molecule has 0 aliphatic carbocycles. The first-order chi connectivity index (χ1) is 6.15. The molecule has 5 nitrogen and oxygen atoms in total. The van der Waals surface area contributed by atoms with Gasteiger partial charge in [0.1, 0.15) is 0 Å². The molecule has 0 heterocycles. The minimum Gasteiger partial charge on any atom is -0.354 e. The van der Waals surface area contributed by atoms with Gasteiger partial charge in [0.05, 0.1) is 12.6 Å². The number of amides is 1. The van der Waals surface area contributed by atoms with Crippen molar-refractivity contribution in [2.75, 3.05) is 27.8 Å². The Morgan fingerprint density at radius 1 is 1.38 bits per heavy atom. The van der Waals surface area contributed by atoms with Crippen LogP contribution in [0.4, 0.5) is 0 Å². The fourth-order valence-corrected chi connectivity index (χ4v) is 0.731. The average molecular weight is 190 g/mol. The van der Waals surface area contributed by atoms with Crippen LogP contribution in [0.15, 0.2) is 0 Å². The van der Waals surface area contributed by atoms with Crippen LogP contribution < -0.4 is 10.6 Å². The van der Waals surface area contributed by atoms with Gasteiger partial charge in [-0.1, -0.05) is 0 Å². The van der Waals surface area contributed by atoms with Crippen LogP contribution in [-0.4, -0.2) is 46.1 Å². The van der Waals surface area contributed by atoms with E-state index in [0.717, 1.165) is 0 Å². The normalized spacial score (nSPS) is 13.0. The van der Waals surface area contributed by atoms with E-state index in [1.54, 1.807) is 14.0 Å². The summed E-state index contributed by atoms with van der Waals surface area (Å²) in [5, 5.41) is 5.51. The van der Waals surface area contributed by atoms with E-state index in [2.05, 4.69) is 10.6 Å². The molecule has 0 rings (SSSR count). The zero-order valence-corrected chi connectivity index (χ0v) is 8.59. The lowest BCUT2D eigenvalue weighted by Crippen LogP contribution is -2.43. The molecule has 0 fully saturated rings. The number of ether oxygens (including phenoxy) is 2. The van der Waals surface area contributed by atoms with E-state index in [-0.39, 0.29) is 18.2 Å². The standard InChI is InChI=1S/C8H18N2O3/c1-6(9-2)8(11)10-5-7(12-3)13-4/h6-7,9H,5H2,1-4H3,(H,10,11). The van der Waals surface area contributed by atoms with E-state index < -0.39 is 0 Å². The average Bonchev–Trinajstić information content (AvgIpc) is 2.17. The molecule has 0 aliphatic rings. The quantitative estimate of drug-likeness (QED) is 0.545. The molecule has 0 saturated carbocycles. The molecule has 1 unspecified atom stereocenters. The molecule has 0 aromatic rings. The van der Waals surface area contributed by atoms with Gasteiger partial charge in [0.15, 0.2) is 6.29 Å². The van der Waals surface area contributed by atoms with Gasteiger partial charge in [0.2, 0.25) is 5.91 Å². The topological polar surface area (TPSA) is 59.6 Å². The SMILES string of the molecule is CNC(C)C(=O)NCC(OC)OC. The first-order valence-electron chi connectivity index (χ1n) is 4.16. The highest BCUT2D eigenvalue weighted by Gasteiger charge is 2.12. The zero-order valence-electron chi connectivity index (χ0n) is 8.59. The van der Waals surface area contributed by atoms with E-state index >= 15 is 0 Å². The summed E-state index contributed by atoms with van der Waals surface area (Å²) >= 11 is 0. The van der Waals surface area contributed by atoms with Crippen molar-refractivity contribution in [1.82, 2.24) is 10.6 Å². The van der Waals surface area contributed by atoms with Crippen LogP contribution in [0.3, 0.4) is 0 Å². The number of rotatable bonds is 6. The van der Waals surface area contributed by atoms with Crippen molar-refractivity contribution >= 4 is 5.91 Å². The van der Waals surface area contributed by atoms with Crippen LogP contribution in [0.2, 0.25) is 0 Å². The second-order valence-corrected chi connectivity index (χ2v) is 2.66. The van der Waals surface area contributed by atoms with Crippen LogP contribution in [0.25, 0.3) is 0 Å². The summed E-state index contributed by atoms with van der Waals surface area (Å²) in [6, 6.07) is -0.200. The molecule has 0 radical (unpaired) electrons. The van der Waals surface area contributed by atoms with E-state index in [4.69, 9.17) is 9.47 Å². The van der Waals surface area contributed by atoms with Crippen LogP contribution >= 0.6 is 0 Å². The number of methoxy groups -OCH3 is 2. The van der Waals surface area contributed by atoms with Gasteiger partial charge in [-0.3, -0.25) is 4.79 Å². The minimum absolute atomic E-state index is 0.0680. The lowest BCUT2D eigenvalue weighted by atomic mass is 10.3. The fraction of sp³-hybridized carbons (Fsp3) is 0.875. The smallest absolute Gasteiger partial charge is 0.237 e. The summed E-state index contributed by atoms with van der Waals surface area (Å²) in [6.07, 6.45) is -0.381. The number of likely N-dealkylation sites (N-methyl/N-ethyl adjacent to an activating group) is 1. The van der Waals surface area contributed by atoms with Gasteiger partial charge in [-0.15, -0.1) is 0 Å². The van der Waals surface area contributed by atoms with Crippen molar-refractivity contribution in [1.29, 1.82) is 0 Å². The molecule has 0 saturated heterocycles. The van der Waals surface area contributed by atoms with Gasteiger partial charge in [0, 0.05) is 14.2 Å². The maximum absolute atomic E-state index is 11.2. The molecule has 0 aromatic heterocycles. The van der Waals surface area contributed by atoms with Gasteiger partial charge >= 0.3 is 0 Å². The largest absolute Gasteiger partial charge is 0.354 e. The molecule has 1 atom stereocenters. The molecule has 0 aromatic carbocycles. The highest BCUT2D eigenvalue weighted by Crippen LogP contribution is 1.88. The molecule has 2 N–H and O–H groups in total. The molecule has 78 valence electrons. The van der Waals surface area contributed by atoms with Crippen molar-refractivity contribution in [3.63, 3.8) is 0 Å². The van der Waals surface area contributed by atoms with Gasteiger partial charge < -0.3 is 20.1 Å². The van der Waals surface area contributed by atoms with E-state index in [1.807, 2.05) is 0 Å². The predicted octanol–water partition coefficient (Wildman–Crippen LogP) is -0.671. The maximum atomic E-state index is 11.2. The molecule has 0 spiro atoms. The van der Waals surface area contributed by atoms with Crippen molar-refractivity contribution in [2.24, 2.45) is 0 Å². The van der Waals surface area contributed by atoms with E-state index in [9.17, 15) is 4.79 Å². The lowest BCUT2D eigenvalue weighted by molar-refractivity contribution is -0.128. The Hall–Kier alpha value is -0.650. The summed E-state index contributed by atoms with van der Waals surface area (Å²) in [4.78, 5) is 11.2. The summed E-state index contributed by atoms with van der Waals surface area (Å²) in [6.45, 7) is 2.14. The number of hydrogen-bond acceptors (Lipinski definition) is 4. The second kappa shape index (κ2) is 6.82. The Balaban J connectivity index is 3.68. The number of carbonyl (C=O) groups is 1. The molecular weight excluding hydrogens is 172 g/mol. The Kier molecular flexibility index (Phi) is 6.48. The van der Waals surface area contributed by atoms with Crippen LogP contribution in [-0.2, 0) is 14.3 Å². The maximum Gasteiger partial charge on any atom is 0.237 e. The Labute approximate surface area is 78.8 Å². The lowest BCUT2D eigenvalue weighted by Gasteiger charge is -2.16. The highest BCUT2D eigenvalue weighted by molar-refractivity contribution is 5.81. The third-order valence-corrected chi connectivity index (χ3v) is 1.80. The number of nitrogens with one attached hydrogen (secondary N) is 2. The summed E-state index contributed by atoms with van der Waals surface area (Å²) in [5.74, 6) is -0.0680. The number of hydrogen-bond donors (Lipinski definition) is 2. The van der Waals surface area contributed by atoms with Gasteiger partial charge in [-0.2, -0.15) is 0 Å². The predicted molar refractivity (Wildman–Crippen MR) is 49.3 cm³/mol. The Bertz CT molecular complexity index is 148. The third-order valence-electron chi connectivity index (χ3n) is 1.80. The van der Waals surface area contributed by atoms with E-state index in [1.165, 1.54) is 14.2 Å². The summed E-state index contributed by atoms with van der Waals surface area (Å²) in [7, 11) is 4.79. The summed E-state index contributed by atoms with van der Waals surface area (Å²) < 4.78 is 9.81. The third kappa shape index (κ3) is 4.82. The van der Waals surface area contributed by atoms with Crippen molar-refractivity contribution in [3.8, 4) is 0 Å². The van der Waals surface area contributed by atoms with Crippen LogP contribution in [0, 0.1) is 0 Å². The molecule has 13 heavy (non-hydrogen) atoms. The van der Waals surface area contributed by atoms with Crippen molar-refractivity contribution in [3.05, 3.63) is 0 Å². The highest BCUT2D eigenvalue weighted by atomic mass is 16.7. The van der Waals surface area contributed by atoms with Crippen LogP contribution in [0.1, 0.15) is 6.92 Å². The molecule has 0 bridgehead atoms. The Morgan fingerprint density at radius 3 is 2.31 bits per heavy atom. The molecule has 5 heteroatoms. The Morgan fingerprint density at radius 2 is 1.92 bits per heavy atom. The van der Waals surface area contributed by atoms with Crippen molar-refractivity contribution < 1.29 is 14.3 Å². The van der Waals surface area contributed by atoms with Gasteiger partial charge in [-0.05, 0) is 14.0 Å². The first kappa shape index (κ1) is 12.3. The molecular formula is C8H18N2O3. The van der Waals surface area contributed by atoms with Gasteiger partial charge in [0.25, 0.3) is 0 Å². The fourth-order valence-electron chi connectivity index (χ4n) is 0.731. The second-order valence-electron chi connectivity index (χ2n) is 2.66. The summed E-state index contributed by atoms with van der Waals surface area (Å²) in [5.41, 5.74) is 0. The minimum atomic E-state index is -0.381. The van der Waals surface area contributed by atoms with Crippen molar-refractivity contribution in [2.45, 2.75) is 19.3 Å². The van der Waals surface area contributed by atoms with Gasteiger partial charge in [-0.25, -0.2) is 0 Å². The zero-order chi connectivity index (χ0) is 10.3. The number of carbonyl (C=O) groups excluding carboxylic acids is 1. The van der Waals surface area contributed by atoms with Crippen LogP contribution in [0.5, 0.6) is 0 Å². The monoisotopic (exact) mass is 190 g/mol.